The highest BCUT2D eigenvalue weighted by Gasteiger charge is 2.36. The average Bonchev–Trinajstić information content (AvgIpc) is 2.26. The lowest BCUT2D eigenvalue weighted by Gasteiger charge is -2.42. The number of nitrogens with zero attached hydrogens (tertiary/aromatic N) is 1. The van der Waals surface area contributed by atoms with Gasteiger partial charge in [0.2, 0.25) is 11.8 Å². The lowest BCUT2D eigenvalue weighted by molar-refractivity contribution is -0.145. The Balaban J connectivity index is 2.09. The molecule has 4 nitrogen and oxygen atoms in total. The van der Waals surface area contributed by atoms with Crippen molar-refractivity contribution >= 4 is 11.8 Å². The van der Waals surface area contributed by atoms with Gasteiger partial charge in [0.05, 0.1) is 13.1 Å². The van der Waals surface area contributed by atoms with E-state index in [1.54, 1.807) is 4.90 Å². The number of rotatable bonds is 1. The molecule has 3 atom stereocenters. The van der Waals surface area contributed by atoms with E-state index in [2.05, 4.69) is 19.2 Å². The molecule has 1 aliphatic carbocycles. The number of carbonyl (C=O) groups is 2. The molecule has 2 rings (SSSR count). The predicted molar refractivity (Wildman–Crippen MR) is 60.7 cm³/mol. The fourth-order valence-corrected chi connectivity index (χ4v) is 2.87. The van der Waals surface area contributed by atoms with Gasteiger partial charge in [0.15, 0.2) is 0 Å². The lowest BCUT2D eigenvalue weighted by atomic mass is 9.77. The normalized spacial score (nSPS) is 36.1. The monoisotopic (exact) mass is 224 g/mol. The Hall–Kier alpha value is -1.06. The maximum Gasteiger partial charge on any atom is 0.242 e. The molecule has 0 aromatic carbocycles. The standard InChI is InChI=1S/C12H20N2O2/c1-8-4-3-5-10(9(8)2)14-7-11(15)13-6-12(14)16/h8-10H,3-7H2,1-2H3,(H,13,15). The summed E-state index contributed by atoms with van der Waals surface area (Å²) < 4.78 is 0. The van der Waals surface area contributed by atoms with Crippen LogP contribution in [0.4, 0.5) is 0 Å². The summed E-state index contributed by atoms with van der Waals surface area (Å²) in [6, 6.07) is 0.266. The molecule has 2 amide bonds. The predicted octanol–water partition coefficient (Wildman–Crippen LogP) is 0.770. The molecule has 2 aliphatic rings. The highest BCUT2D eigenvalue weighted by molar-refractivity contribution is 5.92. The van der Waals surface area contributed by atoms with Crippen LogP contribution in [-0.2, 0) is 9.59 Å². The summed E-state index contributed by atoms with van der Waals surface area (Å²) in [6.45, 7) is 4.87. The molecule has 1 heterocycles. The second kappa shape index (κ2) is 4.44. The molecule has 3 unspecified atom stereocenters. The Kier molecular flexibility index (Phi) is 3.17. The zero-order valence-electron chi connectivity index (χ0n) is 10.0. The Morgan fingerprint density at radius 2 is 2.00 bits per heavy atom. The molecule has 1 saturated carbocycles. The van der Waals surface area contributed by atoms with E-state index in [4.69, 9.17) is 0 Å². The molecule has 4 heteroatoms. The SMILES string of the molecule is CC1CCCC(N2CC(=O)NCC2=O)C1C. The van der Waals surface area contributed by atoms with Gasteiger partial charge in [0.1, 0.15) is 0 Å². The number of hydrogen-bond acceptors (Lipinski definition) is 2. The molecule has 90 valence electrons. The highest BCUT2D eigenvalue weighted by atomic mass is 16.2. The first-order valence-corrected chi connectivity index (χ1v) is 6.15. The first-order valence-electron chi connectivity index (χ1n) is 6.15. The fourth-order valence-electron chi connectivity index (χ4n) is 2.87. The summed E-state index contributed by atoms with van der Waals surface area (Å²) in [6.07, 6.45) is 3.46. The molecule has 0 radical (unpaired) electrons. The van der Waals surface area contributed by atoms with Gasteiger partial charge in [-0.3, -0.25) is 9.59 Å². The van der Waals surface area contributed by atoms with Crippen molar-refractivity contribution in [3.63, 3.8) is 0 Å². The summed E-state index contributed by atoms with van der Waals surface area (Å²) in [5.41, 5.74) is 0. The third-order valence-corrected chi connectivity index (χ3v) is 4.14. The molecule has 1 aliphatic heterocycles. The van der Waals surface area contributed by atoms with Gasteiger partial charge in [-0.2, -0.15) is 0 Å². The van der Waals surface area contributed by atoms with Gasteiger partial charge in [0, 0.05) is 6.04 Å². The van der Waals surface area contributed by atoms with Crippen LogP contribution in [0.3, 0.4) is 0 Å². The maximum atomic E-state index is 11.8. The van der Waals surface area contributed by atoms with Gasteiger partial charge in [-0.15, -0.1) is 0 Å². The average molecular weight is 224 g/mol. The minimum absolute atomic E-state index is 0.0231. The summed E-state index contributed by atoms with van der Waals surface area (Å²) in [4.78, 5) is 24.9. The minimum atomic E-state index is -0.0231. The number of carbonyl (C=O) groups excluding carboxylic acids is 2. The van der Waals surface area contributed by atoms with Crippen LogP contribution in [-0.4, -0.2) is 35.8 Å². The van der Waals surface area contributed by atoms with Crippen molar-refractivity contribution in [2.75, 3.05) is 13.1 Å². The zero-order chi connectivity index (χ0) is 11.7. The Morgan fingerprint density at radius 3 is 2.75 bits per heavy atom. The van der Waals surface area contributed by atoms with E-state index in [1.807, 2.05) is 0 Å². The van der Waals surface area contributed by atoms with Crippen molar-refractivity contribution in [3.05, 3.63) is 0 Å². The van der Waals surface area contributed by atoms with E-state index in [-0.39, 0.29) is 30.9 Å². The van der Waals surface area contributed by atoms with Crippen molar-refractivity contribution in [3.8, 4) is 0 Å². The van der Waals surface area contributed by atoms with E-state index < -0.39 is 0 Å². The van der Waals surface area contributed by atoms with Gasteiger partial charge < -0.3 is 10.2 Å². The van der Waals surface area contributed by atoms with Crippen LogP contribution in [0.1, 0.15) is 33.1 Å². The molecule has 1 saturated heterocycles. The lowest BCUT2D eigenvalue weighted by Crippen LogP contribution is -2.57. The highest BCUT2D eigenvalue weighted by Crippen LogP contribution is 2.33. The summed E-state index contributed by atoms with van der Waals surface area (Å²) in [5, 5.41) is 2.60. The molecule has 0 aromatic rings. The van der Waals surface area contributed by atoms with Gasteiger partial charge in [-0.1, -0.05) is 26.7 Å². The van der Waals surface area contributed by atoms with Crippen LogP contribution in [0, 0.1) is 11.8 Å². The van der Waals surface area contributed by atoms with Gasteiger partial charge in [0.25, 0.3) is 0 Å². The molecular formula is C12H20N2O2. The first-order chi connectivity index (χ1) is 7.59. The molecule has 16 heavy (non-hydrogen) atoms. The van der Waals surface area contributed by atoms with Crippen molar-refractivity contribution in [1.82, 2.24) is 10.2 Å². The second-order valence-corrected chi connectivity index (χ2v) is 5.13. The zero-order valence-corrected chi connectivity index (χ0v) is 10.0. The summed E-state index contributed by atoms with van der Waals surface area (Å²) in [7, 11) is 0. The van der Waals surface area contributed by atoms with E-state index in [1.165, 1.54) is 12.8 Å². The number of amides is 2. The van der Waals surface area contributed by atoms with E-state index >= 15 is 0 Å². The van der Waals surface area contributed by atoms with Gasteiger partial charge in [-0.25, -0.2) is 0 Å². The maximum absolute atomic E-state index is 11.8. The van der Waals surface area contributed by atoms with Crippen molar-refractivity contribution in [1.29, 1.82) is 0 Å². The Bertz CT molecular complexity index is 303. The Labute approximate surface area is 96.4 Å². The third-order valence-electron chi connectivity index (χ3n) is 4.14. The van der Waals surface area contributed by atoms with Crippen LogP contribution in [0.2, 0.25) is 0 Å². The topological polar surface area (TPSA) is 49.4 Å². The number of nitrogens with one attached hydrogen (secondary N) is 1. The fraction of sp³-hybridized carbons (Fsp3) is 0.833. The number of hydrogen-bond donors (Lipinski definition) is 1. The summed E-state index contributed by atoms with van der Waals surface area (Å²) >= 11 is 0. The minimum Gasteiger partial charge on any atom is -0.345 e. The molecule has 0 spiro atoms. The van der Waals surface area contributed by atoms with E-state index in [9.17, 15) is 9.59 Å². The van der Waals surface area contributed by atoms with Crippen molar-refractivity contribution < 1.29 is 9.59 Å². The quantitative estimate of drug-likeness (QED) is 0.715. The summed E-state index contributed by atoms with van der Waals surface area (Å²) in [5.74, 6) is 1.20. The van der Waals surface area contributed by atoms with Gasteiger partial charge in [-0.05, 0) is 18.3 Å². The van der Waals surface area contributed by atoms with Crippen LogP contribution in [0.15, 0.2) is 0 Å². The molecule has 0 bridgehead atoms. The molecule has 2 fully saturated rings. The number of piperazine rings is 1. The van der Waals surface area contributed by atoms with E-state index in [0.29, 0.717) is 11.8 Å². The van der Waals surface area contributed by atoms with Crippen LogP contribution >= 0.6 is 0 Å². The Morgan fingerprint density at radius 1 is 1.25 bits per heavy atom. The third kappa shape index (κ3) is 2.06. The van der Waals surface area contributed by atoms with Crippen molar-refractivity contribution in [2.24, 2.45) is 11.8 Å². The van der Waals surface area contributed by atoms with Gasteiger partial charge >= 0.3 is 0 Å². The van der Waals surface area contributed by atoms with Crippen LogP contribution in [0.25, 0.3) is 0 Å². The van der Waals surface area contributed by atoms with Crippen molar-refractivity contribution in [2.45, 2.75) is 39.2 Å². The second-order valence-electron chi connectivity index (χ2n) is 5.13. The molecule has 1 N–H and O–H groups in total. The smallest absolute Gasteiger partial charge is 0.242 e. The van der Waals surface area contributed by atoms with Crippen LogP contribution in [0.5, 0.6) is 0 Å². The molecule has 0 aromatic heterocycles. The first kappa shape index (κ1) is 11.4. The van der Waals surface area contributed by atoms with Crippen LogP contribution < -0.4 is 5.32 Å². The largest absolute Gasteiger partial charge is 0.345 e. The molecular weight excluding hydrogens is 204 g/mol. The van der Waals surface area contributed by atoms with E-state index in [0.717, 1.165) is 6.42 Å².